The lowest BCUT2D eigenvalue weighted by atomic mass is 10.3. The monoisotopic (exact) mass is 215 g/mol. The van der Waals surface area contributed by atoms with E-state index >= 15 is 0 Å². The van der Waals surface area contributed by atoms with E-state index in [0.29, 0.717) is 6.54 Å². The standard InChI is InChI=1S/C7H10BrN3/c1-2-6-10-4-5(3-9)7(8)11-6/h4H,2-3,9H2,1H3. The minimum atomic E-state index is 0.477. The molecule has 0 aliphatic carbocycles. The third kappa shape index (κ3) is 1.97. The molecular weight excluding hydrogens is 206 g/mol. The Labute approximate surface area is 74.2 Å². The third-order valence-corrected chi connectivity index (χ3v) is 2.08. The Hall–Kier alpha value is -0.480. The van der Waals surface area contributed by atoms with Gasteiger partial charge in [-0.05, 0) is 15.9 Å². The average molecular weight is 216 g/mol. The van der Waals surface area contributed by atoms with Crippen LogP contribution in [-0.2, 0) is 13.0 Å². The first-order chi connectivity index (χ1) is 5.27. The third-order valence-electron chi connectivity index (χ3n) is 1.40. The first kappa shape index (κ1) is 8.62. The first-order valence-corrected chi connectivity index (χ1v) is 4.27. The topological polar surface area (TPSA) is 51.8 Å². The maximum absolute atomic E-state index is 5.43. The van der Waals surface area contributed by atoms with E-state index in [4.69, 9.17) is 5.73 Å². The van der Waals surface area contributed by atoms with E-state index in [9.17, 15) is 0 Å². The van der Waals surface area contributed by atoms with Crippen LogP contribution in [0.2, 0.25) is 0 Å². The lowest BCUT2D eigenvalue weighted by molar-refractivity contribution is 0.891. The van der Waals surface area contributed by atoms with Gasteiger partial charge in [-0.15, -0.1) is 0 Å². The molecular formula is C7H10BrN3. The van der Waals surface area contributed by atoms with Gasteiger partial charge in [-0.2, -0.15) is 0 Å². The quantitative estimate of drug-likeness (QED) is 0.757. The van der Waals surface area contributed by atoms with Crippen LogP contribution in [0, 0.1) is 0 Å². The van der Waals surface area contributed by atoms with Crippen molar-refractivity contribution in [3.8, 4) is 0 Å². The lowest BCUT2D eigenvalue weighted by Gasteiger charge is -2.00. The summed E-state index contributed by atoms with van der Waals surface area (Å²) in [6.07, 6.45) is 2.61. The van der Waals surface area contributed by atoms with Gasteiger partial charge in [-0.25, -0.2) is 9.97 Å². The van der Waals surface area contributed by atoms with E-state index in [1.165, 1.54) is 0 Å². The fourth-order valence-electron chi connectivity index (χ4n) is 0.727. The second-order valence-corrected chi connectivity index (χ2v) is 2.91. The molecule has 0 unspecified atom stereocenters. The molecule has 3 nitrogen and oxygen atoms in total. The van der Waals surface area contributed by atoms with E-state index in [1.54, 1.807) is 6.20 Å². The summed E-state index contributed by atoms with van der Waals surface area (Å²) in [6.45, 7) is 2.49. The van der Waals surface area contributed by atoms with Crippen molar-refractivity contribution in [1.82, 2.24) is 9.97 Å². The van der Waals surface area contributed by atoms with Gasteiger partial charge in [0.25, 0.3) is 0 Å². The van der Waals surface area contributed by atoms with Gasteiger partial charge in [0.2, 0.25) is 0 Å². The summed E-state index contributed by atoms with van der Waals surface area (Å²) in [7, 11) is 0. The van der Waals surface area contributed by atoms with Crippen LogP contribution in [0.15, 0.2) is 10.8 Å². The fourth-order valence-corrected chi connectivity index (χ4v) is 1.20. The van der Waals surface area contributed by atoms with Crippen molar-refractivity contribution in [2.75, 3.05) is 0 Å². The molecule has 0 radical (unpaired) electrons. The number of nitrogens with zero attached hydrogens (tertiary/aromatic N) is 2. The molecule has 1 aromatic rings. The zero-order valence-corrected chi connectivity index (χ0v) is 7.93. The van der Waals surface area contributed by atoms with Gasteiger partial charge in [0.1, 0.15) is 10.4 Å². The van der Waals surface area contributed by atoms with E-state index in [2.05, 4.69) is 25.9 Å². The van der Waals surface area contributed by atoms with Gasteiger partial charge in [-0.3, -0.25) is 0 Å². The van der Waals surface area contributed by atoms with Crippen molar-refractivity contribution in [2.24, 2.45) is 5.73 Å². The number of hydrogen-bond acceptors (Lipinski definition) is 3. The molecule has 11 heavy (non-hydrogen) atoms. The maximum atomic E-state index is 5.43. The Morgan fingerprint density at radius 3 is 2.82 bits per heavy atom. The van der Waals surface area contributed by atoms with Crippen LogP contribution < -0.4 is 5.73 Å². The van der Waals surface area contributed by atoms with E-state index < -0.39 is 0 Å². The van der Waals surface area contributed by atoms with Crippen molar-refractivity contribution in [3.05, 3.63) is 22.2 Å². The lowest BCUT2D eigenvalue weighted by Crippen LogP contribution is -2.02. The second-order valence-electron chi connectivity index (χ2n) is 2.16. The van der Waals surface area contributed by atoms with Gasteiger partial charge >= 0.3 is 0 Å². The Morgan fingerprint density at radius 1 is 1.64 bits per heavy atom. The maximum Gasteiger partial charge on any atom is 0.129 e. The highest BCUT2D eigenvalue weighted by atomic mass is 79.9. The van der Waals surface area contributed by atoms with Crippen LogP contribution in [0.1, 0.15) is 18.3 Å². The Balaban J connectivity index is 2.99. The Bertz CT molecular complexity index is 249. The van der Waals surface area contributed by atoms with E-state index in [1.807, 2.05) is 6.92 Å². The SMILES string of the molecule is CCc1ncc(CN)c(Br)n1. The summed E-state index contributed by atoms with van der Waals surface area (Å²) in [5, 5.41) is 0. The minimum absolute atomic E-state index is 0.477. The zero-order chi connectivity index (χ0) is 8.27. The number of hydrogen-bond donors (Lipinski definition) is 1. The van der Waals surface area contributed by atoms with Crippen LogP contribution in [0.4, 0.5) is 0 Å². The molecule has 4 heteroatoms. The van der Waals surface area contributed by atoms with Gasteiger partial charge in [-0.1, -0.05) is 6.92 Å². The molecule has 60 valence electrons. The summed E-state index contributed by atoms with van der Waals surface area (Å²) in [6, 6.07) is 0. The molecule has 0 spiro atoms. The molecule has 0 saturated carbocycles. The van der Waals surface area contributed by atoms with Crippen LogP contribution in [0.25, 0.3) is 0 Å². The number of halogens is 1. The normalized spacial score (nSPS) is 10.1. The molecule has 1 aromatic heterocycles. The molecule has 0 aliphatic heterocycles. The molecule has 0 amide bonds. The van der Waals surface area contributed by atoms with Crippen molar-refractivity contribution in [1.29, 1.82) is 0 Å². The molecule has 2 N–H and O–H groups in total. The van der Waals surface area contributed by atoms with E-state index in [-0.39, 0.29) is 0 Å². The summed E-state index contributed by atoms with van der Waals surface area (Å²) in [5.74, 6) is 0.842. The Kier molecular flexibility index (Phi) is 2.96. The van der Waals surface area contributed by atoms with Crippen LogP contribution in [0.5, 0.6) is 0 Å². The van der Waals surface area contributed by atoms with Gasteiger partial charge in [0.15, 0.2) is 0 Å². The first-order valence-electron chi connectivity index (χ1n) is 3.48. The van der Waals surface area contributed by atoms with Gasteiger partial charge < -0.3 is 5.73 Å². The molecule has 0 bridgehead atoms. The minimum Gasteiger partial charge on any atom is -0.326 e. The summed E-state index contributed by atoms with van der Waals surface area (Å²) >= 11 is 3.32. The van der Waals surface area contributed by atoms with Crippen LogP contribution in [0.3, 0.4) is 0 Å². The molecule has 0 saturated heterocycles. The van der Waals surface area contributed by atoms with Crippen molar-refractivity contribution < 1.29 is 0 Å². The average Bonchev–Trinajstić information content (AvgIpc) is 2.04. The zero-order valence-electron chi connectivity index (χ0n) is 6.34. The predicted octanol–water partition coefficient (Wildman–Crippen LogP) is 1.26. The molecule has 0 atom stereocenters. The van der Waals surface area contributed by atoms with Gasteiger partial charge in [0, 0.05) is 24.7 Å². The fraction of sp³-hybridized carbons (Fsp3) is 0.429. The number of nitrogens with two attached hydrogens (primary N) is 1. The summed E-state index contributed by atoms with van der Waals surface area (Å²) in [5.41, 5.74) is 6.38. The predicted molar refractivity (Wildman–Crippen MR) is 47.0 cm³/mol. The molecule has 0 fully saturated rings. The van der Waals surface area contributed by atoms with Crippen molar-refractivity contribution in [3.63, 3.8) is 0 Å². The van der Waals surface area contributed by atoms with Crippen LogP contribution in [-0.4, -0.2) is 9.97 Å². The summed E-state index contributed by atoms with van der Waals surface area (Å²) < 4.78 is 0.812. The van der Waals surface area contributed by atoms with Crippen molar-refractivity contribution >= 4 is 15.9 Å². The molecule has 0 aliphatic rings. The molecule has 1 heterocycles. The molecule has 0 aromatic carbocycles. The van der Waals surface area contributed by atoms with Gasteiger partial charge in [0.05, 0.1) is 0 Å². The Morgan fingerprint density at radius 2 is 2.36 bits per heavy atom. The second kappa shape index (κ2) is 3.78. The van der Waals surface area contributed by atoms with Crippen LogP contribution >= 0.6 is 15.9 Å². The van der Waals surface area contributed by atoms with Crippen molar-refractivity contribution in [2.45, 2.75) is 19.9 Å². The number of rotatable bonds is 2. The highest BCUT2D eigenvalue weighted by Crippen LogP contribution is 2.11. The largest absolute Gasteiger partial charge is 0.326 e. The number of aryl methyl sites for hydroxylation is 1. The van der Waals surface area contributed by atoms with E-state index in [0.717, 1.165) is 22.4 Å². The summed E-state index contributed by atoms with van der Waals surface area (Å²) in [4.78, 5) is 8.30. The highest BCUT2D eigenvalue weighted by molar-refractivity contribution is 9.10. The molecule has 1 rings (SSSR count). The smallest absolute Gasteiger partial charge is 0.129 e. The number of aromatic nitrogens is 2. The highest BCUT2D eigenvalue weighted by Gasteiger charge is 2.00.